The zero-order valence-corrected chi connectivity index (χ0v) is 14.8. The van der Waals surface area contributed by atoms with Crippen molar-refractivity contribution in [2.75, 3.05) is 33.8 Å². The lowest BCUT2D eigenvalue weighted by Crippen LogP contribution is -2.03. The minimum absolute atomic E-state index is 0.324. The van der Waals surface area contributed by atoms with E-state index in [0.29, 0.717) is 6.61 Å². The van der Waals surface area contributed by atoms with Crippen LogP contribution in [-0.4, -0.2) is 33.8 Å². The topological polar surface area (TPSA) is 71.1 Å². The van der Waals surface area contributed by atoms with E-state index in [0.717, 1.165) is 19.3 Å². The monoisotopic (exact) mass is 330 g/mol. The third-order valence-electron chi connectivity index (χ3n) is 2.97. The lowest BCUT2D eigenvalue weighted by molar-refractivity contribution is 0.226. The molecule has 0 saturated heterocycles. The second-order valence-electron chi connectivity index (χ2n) is 4.51. The van der Waals surface area contributed by atoms with Crippen LogP contribution in [0.5, 0.6) is 0 Å². The summed E-state index contributed by atoms with van der Waals surface area (Å²) in [6, 6.07) is 0. The van der Waals surface area contributed by atoms with Crippen LogP contribution in [0, 0.1) is 0 Å². The molecular formula is C12H28O6P2. The van der Waals surface area contributed by atoms with Crippen LogP contribution in [0.3, 0.4) is 0 Å². The Morgan fingerprint density at radius 2 is 1.25 bits per heavy atom. The number of hydrogen-bond donors (Lipinski definition) is 0. The first-order chi connectivity index (χ1) is 9.45. The molecule has 0 heterocycles. The van der Waals surface area contributed by atoms with E-state index in [1.165, 1.54) is 40.6 Å². The van der Waals surface area contributed by atoms with Crippen molar-refractivity contribution in [2.24, 2.45) is 0 Å². The van der Waals surface area contributed by atoms with Crippen molar-refractivity contribution in [1.29, 1.82) is 0 Å². The summed E-state index contributed by atoms with van der Waals surface area (Å²) in [6.07, 6.45) is 6.63. The molecule has 8 heteroatoms. The van der Waals surface area contributed by atoms with E-state index in [2.05, 4.69) is 6.92 Å². The minimum atomic E-state index is -3.43. The van der Waals surface area contributed by atoms with Gasteiger partial charge in [0.05, 0.1) is 6.61 Å². The maximum Gasteiger partial charge on any atom is 0.342 e. The molecular weight excluding hydrogens is 302 g/mol. The summed E-state index contributed by atoms with van der Waals surface area (Å²) >= 11 is 0. The molecule has 0 saturated carbocycles. The summed E-state index contributed by atoms with van der Waals surface area (Å²) in [4.78, 5) is 0. The molecule has 0 amide bonds. The van der Waals surface area contributed by atoms with E-state index < -0.39 is 15.2 Å². The third-order valence-corrected chi connectivity index (χ3v) is 7.98. The number of unbranched alkanes of at least 4 members (excludes halogenated alkanes) is 5. The first kappa shape index (κ1) is 20.3. The molecule has 6 nitrogen and oxygen atoms in total. The maximum absolute atomic E-state index is 12.3. The average Bonchev–Trinajstić information content (AvgIpc) is 2.46. The molecule has 0 aliphatic heterocycles. The highest BCUT2D eigenvalue weighted by Gasteiger charge is 2.36. The fourth-order valence-corrected chi connectivity index (χ4v) is 5.71. The van der Waals surface area contributed by atoms with Gasteiger partial charge in [-0.25, -0.2) is 0 Å². The molecule has 0 fully saturated rings. The smallest absolute Gasteiger partial charge is 0.311 e. The summed E-state index contributed by atoms with van der Waals surface area (Å²) in [6.45, 7) is 2.49. The Hall–Kier alpha value is 0.300. The second kappa shape index (κ2) is 10.9. The Balaban J connectivity index is 4.07. The zero-order valence-electron chi connectivity index (χ0n) is 13.0. The fraction of sp³-hybridized carbons (Fsp3) is 1.00. The standard InChI is InChI=1S/C12H28O6P2/c1-5-6-7-8-9-10-11-18-20(14,17-4)12-19(13,15-2)16-3/h5-12H2,1-4H3. The van der Waals surface area contributed by atoms with Crippen LogP contribution >= 0.6 is 15.2 Å². The molecule has 0 aliphatic carbocycles. The van der Waals surface area contributed by atoms with Crippen molar-refractivity contribution < 1.29 is 27.2 Å². The average molecular weight is 330 g/mol. The van der Waals surface area contributed by atoms with Crippen LogP contribution in [0.1, 0.15) is 45.4 Å². The van der Waals surface area contributed by atoms with E-state index in [1.807, 2.05) is 0 Å². The van der Waals surface area contributed by atoms with Crippen LogP contribution in [-0.2, 0) is 27.2 Å². The lowest BCUT2D eigenvalue weighted by atomic mass is 10.1. The van der Waals surface area contributed by atoms with Gasteiger partial charge in [-0.05, 0) is 6.42 Å². The van der Waals surface area contributed by atoms with Crippen LogP contribution < -0.4 is 0 Å². The maximum atomic E-state index is 12.3. The quantitative estimate of drug-likeness (QED) is 0.362. The van der Waals surface area contributed by atoms with Gasteiger partial charge in [0.1, 0.15) is 0 Å². The van der Waals surface area contributed by atoms with Gasteiger partial charge < -0.3 is 18.1 Å². The van der Waals surface area contributed by atoms with E-state index in [1.54, 1.807) is 0 Å². The lowest BCUT2D eigenvalue weighted by Gasteiger charge is -2.20. The van der Waals surface area contributed by atoms with Crippen molar-refractivity contribution in [1.82, 2.24) is 0 Å². The summed E-state index contributed by atoms with van der Waals surface area (Å²) in [5.74, 6) is -0.362. The molecule has 0 bridgehead atoms. The van der Waals surface area contributed by atoms with E-state index in [4.69, 9.17) is 18.1 Å². The van der Waals surface area contributed by atoms with Crippen LogP contribution in [0.25, 0.3) is 0 Å². The minimum Gasteiger partial charge on any atom is -0.311 e. The van der Waals surface area contributed by atoms with Crippen LogP contribution in [0.15, 0.2) is 0 Å². The van der Waals surface area contributed by atoms with E-state index in [9.17, 15) is 9.13 Å². The highest BCUT2D eigenvalue weighted by molar-refractivity contribution is 7.71. The Labute approximate surface area is 122 Å². The highest BCUT2D eigenvalue weighted by atomic mass is 31.2. The van der Waals surface area contributed by atoms with Crippen molar-refractivity contribution in [3.05, 3.63) is 0 Å². The number of rotatable bonds is 13. The Morgan fingerprint density at radius 3 is 1.75 bits per heavy atom. The van der Waals surface area contributed by atoms with Gasteiger partial charge in [-0.3, -0.25) is 9.13 Å². The summed E-state index contributed by atoms with van der Waals surface area (Å²) in [7, 11) is -3.06. The van der Waals surface area contributed by atoms with Crippen molar-refractivity contribution in [3.63, 3.8) is 0 Å². The Kier molecular flexibility index (Phi) is 11.1. The fourth-order valence-electron chi connectivity index (χ4n) is 1.64. The molecule has 0 spiro atoms. The summed E-state index contributed by atoms with van der Waals surface area (Å²) in [5, 5.41) is 0. The molecule has 0 aliphatic rings. The molecule has 1 atom stereocenters. The van der Waals surface area contributed by atoms with Gasteiger partial charge in [0.25, 0.3) is 0 Å². The third kappa shape index (κ3) is 8.56. The normalized spacial score (nSPS) is 15.2. The Morgan fingerprint density at radius 1 is 0.750 bits per heavy atom. The summed E-state index contributed by atoms with van der Waals surface area (Å²) in [5.41, 5.74) is 0. The predicted molar refractivity (Wildman–Crippen MR) is 80.4 cm³/mol. The molecule has 1 unspecified atom stereocenters. The van der Waals surface area contributed by atoms with Crippen molar-refractivity contribution >= 4 is 15.2 Å². The van der Waals surface area contributed by atoms with Gasteiger partial charge >= 0.3 is 15.2 Å². The van der Waals surface area contributed by atoms with Gasteiger partial charge in [0.2, 0.25) is 0 Å². The molecule has 0 aromatic heterocycles. The largest absolute Gasteiger partial charge is 0.342 e. The molecule has 0 rings (SSSR count). The molecule has 0 radical (unpaired) electrons. The first-order valence-corrected chi connectivity index (χ1v) is 10.4. The Bertz CT molecular complexity index is 326. The SMILES string of the molecule is CCCCCCCCOP(=O)(CP(=O)(OC)OC)OC. The van der Waals surface area contributed by atoms with Gasteiger partial charge in [0.15, 0.2) is 5.90 Å². The molecule has 0 aromatic carbocycles. The van der Waals surface area contributed by atoms with Crippen LogP contribution in [0.4, 0.5) is 0 Å². The molecule has 0 aromatic rings. The first-order valence-electron chi connectivity index (χ1n) is 6.95. The molecule has 20 heavy (non-hydrogen) atoms. The van der Waals surface area contributed by atoms with Crippen molar-refractivity contribution in [2.45, 2.75) is 45.4 Å². The summed E-state index contributed by atoms with van der Waals surface area (Å²) < 4.78 is 43.9. The van der Waals surface area contributed by atoms with E-state index >= 15 is 0 Å². The second-order valence-corrected chi connectivity index (χ2v) is 9.44. The van der Waals surface area contributed by atoms with Gasteiger partial charge in [-0.1, -0.05) is 39.0 Å². The predicted octanol–water partition coefficient (Wildman–Crippen LogP) is 4.65. The van der Waals surface area contributed by atoms with Gasteiger partial charge in [-0.15, -0.1) is 0 Å². The van der Waals surface area contributed by atoms with E-state index in [-0.39, 0.29) is 5.90 Å². The molecule has 0 N–H and O–H groups in total. The van der Waals surface area contributed by atoms with Gasteiger partial charge in [-0.2, -0.15) is 0 Å². The van der Waals surface area contributed by atoms with Crippen molar-refractivity contribution in [3.8, 4) is 0 Å². The molecule has 122 valence electrons. The van der Waals surface area contributed by atoms with Crippen LogP contribution in [0.2, 0.25) is 0 Å². The number of hydrogen-bond acceptors (Lipinski definition) is 6. The zero-order chi connectivity index (χ0) is 15.5. The highest BCUT2D eigenvalue weighted by Crippen LogP contribution is 2.62. The van der Waals surface area contributed by atoms with Gasteiger partial charge in [0, 0.05) is 21.3 Å².